The molecule has 3 aromatic carbocycles. The number of likely N-dealkylation sites (tertiary alicyclic amines) is 1. The van der Waals surface area contributed by atoms with E-state index < -0.39 is 0 Å². The average molecular weight is 588 g/mol. The number of nitrogens with one attached hydrogen (secondary N) is 1. The number of nitrogens with zero attached hydrogens (tertiary/aromatic N) is 2. The van der Waals surface area contributed by atoms with Crippen LogP contribution < -0.4 is 10.2 Å². The lowest BCUT2D eigenvalue weighted by Crippen LogP contribution is -2.40. The predicted octanol–water partition coefficient (Wildman–Crippen LogP) is 6.98. The highest BCUT2D eigenvalue weighted by Gasteiger charge is 2.38. The third-order valence-electron chi connectivity index (χ3n) is 9.50. The Kier molecular flexibility index (Phi) is 8.92. The van der Waals surface area contributed by atoms with Gasteiger partial charge in [0.2, 0.25) is 5.91 Å². The van der Waals surface area contributed by atoms with Gasteiger partial charge in [-0.1, -0.05) is 54.4 Å². The summed E-state index contributed by atoms with van der Waals surface area (Å²) in [6, 6.07) is 20.7. The predicted molar refractivity (Wildman–Crippen MR) is 165 cm³/mol. The van der Waals surface area contributed by atoms with Gasteiger partial charge in [-0.3, -0.25) is 9.59 Å². The van der Waals surface area contributed by atoms with Crippen LogP contribution in [0.3, 0.4) is 0 Å². The Morgan fingerprint density at radius 1 is 0.976 bits per heavy atom. The standard InChI is InChI=1S/C35H39ClFN3O2/c36-32-12-10-29(37)20-28(32)23-40-33-21-27(9-11-31(33)30-8-4-7-26(30)22-34(40)41)35(42)38-15-18-39-16-13-25(14-17-39)19-24-5-2-1-3-6-24/h1-3,5-6,9-12,20-21,25-26,30H,4,7-8,13-19,22-23H2,(H,38,42). The summed E-state index contributed by atoms with van der Waals surface area (Å²) in [5, 5.41) is 3.53. The second-order valence-electron chi connectivity index (χ2n) is 12.2. The van der Waals surface area contributed by atoms with Gasteiger partial charge in [-0.25, -0.2) is 4.39 Å². The zero-order valence-corrected chi connectivity index (χ0v) is 24.8. The molecule has 2 atom stereocenters. The van der Waals surface area contributed by atoms with Gasteiger partial charge in [0.05, 0.1) is 6.54 Å². The van der Waals surface area contributed by atoms with E-state index in [-0.39, 0.29) is 24.2 Å². The number of hydrogen-bond acceptors (Lipinski definition) is 3. The Morgan fingerprint density at radius 2 is 1.79 bits per heavy atom. The lowest BCUT2D eigenvalue weighted by atomic mass is 9.86. The van der Waals surface area contributed by atoms with Crippen molar-refractivity contribution in [2.45, 2.75) is 57.4 Å². The minimum Gasteiger partial charge on any atom is -0.351 e. The first-order valence-electron chi connectivity index (χ1n) is 15.4. The molecule has 2 unspecified atom stereocenters. The highest BCUT2D eigenvalue weighted by Crippen LogP contribution is 2.48. The van der Waals surface area contributed by atoms with E-state index in [4.69, 9.17) is 11.6 Å². The average Bonchev–Trinajstić information content (AvgIpc) is 3.42. The van der Waals surface area contributed by atoms with Crippen LogP contribution in [0.1, 0.15) is 71.5 Å². The number of amides is 2. The summed E-state index contributed by atoms with van der Waals surface area (Å²) in [6.45, 7) is 3.67. The summed E-state index contributed by atoms with van der Waals surface area (Å²) < 4.78 is 14.1. The molecule has 0 bridgehead atoms. The minimum atomic E-state index is -0.387. The lowest BCUT2D eigenvalue weighted by molar-refractivity contribution is -0.119. The van der Waals surface area contributed by atoms with E-state index in [0.29, 0.717) is 46.9 Å². The fourth-order valence-electron chi connectivity index (χ4n) is 7.19. The van der Waals surface area contributed by atoms with Crippen molar-refractivity contribution < 1.29 is 14.0 Å². The second kappa shape index (κ2) is 13.0. The Bertz CT molecular complexity index is 1420. The van der Waals surface area contributed by atoms with E-state index >= 15 is 0 Å². The largest absolute Gasteiger partial charge is 0.351 e. The van der Waals surface area contributed by atoms with Crippen molar-refractivity contribution in [3.8, 4) is 0 Å². The van der Waals surface area contributed by atoms with Gasteiger partial charge in [0, 0.05) is 35.8 Å². The molecule has 0 aromatic heterocycles. The first-order chi connectivity index (χ1) is 20.4. The van der Waals surface area contributed by atoms with Crippen LogP contribution in [0.4, 0.5) is 10.1 Å². The number of hydrogen-bond donors (Lipinski definition) is 1. The molecule has 42 heavy (non-hydrogen) atoms. The maximum atomic E-state index is 14.1. The Labute approximate surface area is 253 Å². The number of benzene rings is 3. The molecule has 6 rings (SSSR count). The molecule has 1 N–H and O–H groups in total. The smallest absolute Gasteiger partial charge is 0.251 e. The molecule has 0 spiro atoms. The first kappa shape index (κ1) is 28.9. The molecule has 5 nitrogen and oxygen atoms in total. The molecule has 1 saturated carbocycles. The molecule has 2 heterocycles. The summed E-state index contributed by atoms with van der Waals surface area (Å²) in [5.74, 6) is 0.770. The van der Waals surface area contributed by atoms with Gasteiger partial charge in [-0.05, 0) is 110 Å². The number of anilines is 1. The summed E-state index contributed by atoms with van der Waals surface area (Å²) in [7, 11) is 0. The zero-order valence-electron chi connectivity index (χ0n) is 24.0. The molecule has 3 aromatic rings. The highest BCUT2D eigenvalue weighted by atomic mass is 35.5. The Balaban J connectivity index is 1.11. The van der Waals surface area contributed by atoms with Crippen LogP contribution in [0, 0.1) is 17.7 Å². The molecule has 2 aliphatic heterocycles. The third kappa shape index (κ3) is 6.55. The van der Waals surface area contributed by atoms with Crippen LogP contribution in [0.5, 0.6) is 0 Å². The van der Waals surface area contributed by atoms with Gasteiger partial charge in [-0.15, -0.1) is 0 Å². The monoisotopic (exact) mass is 587 g/mol. The molecule has 2 fully saturated rings. The molecule has 1 saturated heterocycles. The SMILES string of the molecule is O=C(NCCN1CCC(Cc2ccccc2)CC1)c1ccc2c(c1)N(Cc1cc(F)ccc1Cl)C(=O)CC1CCCC21. The van der Waals surface area contributed by atoms with E-state index in [1.165, 1.54) is 36.6 Å². The van der Waals surface area contributed by atoms with Crippen molar-refractivity contribution in [2.24, 2.45) is 11.8 Å². The van der Waals surface area contributed by atoms with Crippen molar-refractivity contribution in [3.05, 3.63) is 99.8 Å². The fraction of sp³-hybridized carbons (Fsp3) is 0.429. The molecular formula is C35H39ClFN3O2. The minimum absolute atomic E-state index is 0.000738. The Morgan fingerprint density at radius 3 is 2.60 bits per heavy atom. The van der Waals surface area contributed by atoms with Crippen molar-refractivity contribution >= 4 is 29.1 Å². The number of carbonyl (C=O) groups is 2. The lowest BCUT2D eigenvalue weighted by Gasteiger charge is -2.32. The van der Waals surface area contributed by atoms with Crippen molar-refractivity contribution in [1.82, 2.24) is 10.2 Å². The van der Waals surface area contributed by atoms with Gasteiger partial charge in [0.1, 0.15) is 5.82 Å². The Hall–Kier alpha value is -3.22. The van der Waals surface area contributed by atoms with E-state index in [2.05, 4.69) is 40.5 Å². The zero-order chi connectivity index (χ0) is 29.1. The third-order valence-corrected chi connectivity index (χ3v) is 9.87. The number of fused-ring (bicyclic) bond motifs is 3. The summed E-state index contributed by atoms with van der Waals surface area (Å²) in [6.07, 6.45) is 7.10. The molecule has 0 radical (unpaired) electrons. The molecule has 2 amide bonds. The molecule has 7 heteroatoms. The molecule has 220 valence electrons. The quantitative estimate of drug-likeness (QED) is 0.309. The molecule has 3 aliphatic rings. The van der Waals surface area contributed by atoms with Gasteiger partial charge < -0.3 is 15.1 Å². The van der Waals surface area contributed by atoms with Gasteiger partial charge in [0.15, 0.2) is 0 Å². The van der Waals surface area contributed by atoms with Crippen LogP contribution >= 0.6 is 11.6 Å². The number of piperidine rings is 1. The highest BCUT2D eigenvalue weighted by molar-refractivity contribution is 6.31. The maximum absolute atomic E-state index is 14.1. The first-order valence-corrected chi connectivity index (χ1v) is 15.7. The van der Waals surface area contributed by atoms with E-state index in [1.807, 2.05) is 18.2 Å². The summed E-state index contributed by atoms with van der Waals surface area (Å²) in [4.78, 5) is 31.0. The fourth-order valence-corrected chi connectivity index (χ4v) is 7.37. The number of rotatable bonds is 8. The van der Waals surface area contributed by atoms with Crippen LogP contribution in [0.25, 0.3) is 0 Å². The van der Waals surface area contributed by atoms with Crippen LogP contribution in [0.15, 0.2) is 66.7 Å². The van der Waals surface area contributed by atoms with Gasteiger partial charge >= 0.3 is 0 Å². The molecule has 1 aliphatic carbocycles. The topological polar surface area (TPSA) is 52.7 Å². The van der Waals surface area contributed by atoms with Crippen LogP contribution in [-0.4, -0.2) is 42.9 Å². The summed E-state index contributed by atoms with van der Waals surface area (Å²) >= 11 is 6.40. The van der Waals surface area contributed by atoms with Gasteiger partial charge in [0.25, 0.3) is 5.91 Å². The van der Waals surface area contributed by atoms with Crippen molar-refractivity contribution in [3.63, 3.8) is 0 Å². The van der Waals surface area contributed by atoms with Crippen LogP contribution in [-0.2, 0) is 17.8 Å². The van der Waals surface area contributed by atoms with E-state index in [9.17, 15) is 14.0 Å². The van der Waals surface area contributed by atoms with Crippen molar-refractivity contribution in [2.75, 3.05) is 31.1 Å². The van der Waals surface area contributed by atoms with E-state index in [0.717, 1.165) is 56.6 Å². The normalized spacial score (nSPS) is 21.1. The van der Waals surface area contributed by atoms with Gasteiger partial charge in [-0.2, -0.15) is 0 Å². The number of halogens is 2. The molecular weight excluding hydrogens is 549 g/mol. The number of carbonyl (C=O) groups excluding carboxylic acids is 2. The second-order valence-corrected chi connectivity index (χ2v) is 12.6. The summed E-state index contributed by atoms with van der Waals surface area (Å²) in [5.41, 5.74) is 4.36. The van der Waals surface area contributed by atoms with Crippen molar-refractivity contribution in [1.29, 1.82) is 0 Å². The maximum Gasteiger partial charge on any atom is 0.251 e. The van der Waals surface area contributed by atoms with E-state index in [1.54, 1.807) is 4.90 Å². The van der Waals surface area contributed by atoms with Crippen LogP contribution in [0.2, 0.25) is 5.02 Å².